The molecule has 0 spiro atoms. The zero-order valence-corrected chi connectivity index (χ0v) is 12.6. The summed E-state index contributed by atoms with van der Waals surface area (Å²) in [6.07, 6.45) is 5.32. The predicted molar refractivity (Wildman–Crippen MR) is 82.7 cm³/mol. The van der Waals surface area contributed by atoms with Gasteiger partial charge in [-0.2, -0.15) is 15.0 Å². The molecule has 7 nitrogen and oxygen atoms in total. The van der Waals surface area contributed by atoms with Crippen LogP contribution in [0, 0.1) is 0 Å². The Bertz CT molecular complexity index is 484. The largest absolute Gasteiger partial charge is 0.394 e. The second-order valence-electron chi connectivity index (χ2n) is 5.97. The van der Waals surface area contributed by atoms with E-state index in [1.807, 2.05) is 0 Å². The third kappa shape index (κ3) is 3.34. The number of nitrogens with one attached hydrogen (secondary N) is 2. The summed E-state index contributed by atoms with van der Waals surface area (Å²) in [5, 5.41) is 16.0. The summed E-state index contributed by atoms with van der Waals surface area (Å²) in [6.45, 7) is 5.08. The van der Waals surface area contributed by atoms with Gasteiger partial charge in [0, 0.05) is 19.6 Å². The van der Waals surface area contributed by atoms with Gasteiger partial charge in [-0.1, -0.05) is 6.92 Å². The van der Waals surface area contributed by atoms with Crippen LogP contribution in [0.4, 0.5) is 17.8 Å². The smallest absolute Gasteiger partial charge is 0.231 e. The summed E-state index contributed by atoms with van der Waals surface area (Å²) in [5.74, 6) is 1.92. The van der Waals surface area contributed by atoms with Crippen molar-refractivity contribution in [3.05, 3.63) is 0 Å². The van der Waals surface area contributed by atoms with Crippen LogP contribution < -0.4 is 15.5 Å². The van der Waals surface area contributed by atoms with E-state index in [1.165, 1.54) is 12.8 Å². The topological polar surface area (TPSA) is 86.2 Å². The molecule has 0 bridgehead atoms. The number of nitrogens with zero attached hydrogens (tertiary/aromatic N) is 4. The van der Waals surface area contributed by atoms with Gasteiger partial charge in [0.1, 0.15) is 0 Å². The van der Waals surface area contributed by atoms with Crippen LogP contribution in [-0.2, 0) is 0 Å². The average molecular weight is 292 g/mol. The zero-order valence-electron chi connectivity index (χ0n) is 12.6. The lowest BCUT2D eigenvalue weighted by atomic mass is 10.3. The molecular formula is C14H24N6O. The fourth-order valence-corrected chi connectivity index (χ4v) is 2.51. The van der Waals surface area contributed by atoms with E-state index in [4.69, 9.17) is 0 Å². The Morgan fingerprint density at radius 3 is 2.48 bits per heavy atom. The first-order valence-corrected chi connectivity index (χ1v) is 7.89. The van der Waals surface area contributed by atoms with Crippen molar-refractivity contribution in [2.45, 2.75) is 44.6 Å². The first-order chi connectivity index (χ1) is 10.2. The number of hydrogen-bond donors (Lipinski definition) is 3. The second kappa shape index (κ2) is 6.01. The van der Waals surface area contributed by atoms with Gasteiger partial charge in [0.2, 0.25) is 17.8 Å². The Kier molecular flexibility index (Phi) is 4.10. The van der Waals surface area contributed by atoms with Crippen LogP contribution in [-0.4, -0.2) is 51.8 Å². The summed E-state index contributed by atoms with van der Waals surface area (Å²) < 4.78 is 0. The van der Waals surface area contributed by atoms with Crippen LogP contribution in [0.15, 0.2) is 0 Å². The molecule has 1 aromatic heterocycles. The molecule has 21 heavy (non-hydrogen) atoms. The van der Waals surface area contributed by atoms with Gasteiger partial charge in [-0.15, -0.1) is 0 Å². The Morgan fingerprint density at radius 1 is 1.14 bits per heavy atom. The van der Waals surface area contributed by atoms with Crippen molar-refractivity contribution in [1.82, 2.24) is 15.0 Å². The third-order valence-electron chi connectivity index (χ3n) is 4.08. The molecule has 0 aromatic carbocycles. The number of rotatable bonds is 7. The summed E-state index contributed by atoms with van der Waals surface area (Å²) in [6, 6.07) is 0. The van der Waals surface area contributed by atoms with Crippen molar-refractivity contribution < 1.29 is 5.11 Å². The Balaban J connectivity index is 1.81. The molecule has 1 aliphatic carbocycles. The van der Waals surface area contributed by atoms with Gasteiger partial charge in [-0.3, -0.25) is 0 Å². The molecule has 116 valence electrons. The molecule has 2 fully saturated rings. The van der Waals surface area contributed by atoms with Crippen molar-refractivity contribution in [2.75, 3.05) is 41.8 Å². The number of aromatic nitrogens is 3. The summed E-state index contributed by atoms with van der Waals surface area (Å²) >= 11 is 0. The highest BCUT2D eigenvalue weighted by Crippen LogP contribution is 2.37. The van der Waals surface area contributed by atoms with Crippen molar-refractivity contribution >= 4 is 17.8 Å². The van der Waals surface area contributed by atoms with Crippen LogP contribution in [0.2, 0.25) is 0 Å². The molecule has 0 unspecified atom stereocenters. The van der Waals surface area contributed by atoms with Crippen LogP contribution in [0.5, 0.6) is 0 Å². The SMILES string of the molecule is CCCNc1nc(NC2(CO)CC2)nc(N2CCCC2)n1. The van der Waals surface area contributed by atoms with Gasteiger partial charge in [0.25, 0.3) is 0 Å². The first-order valence-electron chi connectivity index (χ1n) is 7.89. The van der Waals surface area contributed by atoms with Gasteiger partial charge >= 0.3 is 0 Å². The van der Waals surface area contributed by atoms with Crippen LogP contribution in [0.3, 0.4) is 0 Å². The molecule has 0 atom stereocenters. The standard InChI is InChI=1S/C14H24N6O/c1-2-7-15-11-16-12(19-14(10-21)5-6-14)18-13(17-11)20-8-3-4-9-20/h21H,2-10H2,1H3,(H2,15,16,17,18,19). The number of hydrogen-bond acceptors (Lipinski definition) is 7. The van der Waals surface area contributed by atoms with Crippen LogP contribution in [0.25, 0.3) is 0 Å². The predicted octanol–water partition coefficient (Wildman–Crippen LogP) is 1.23. The maximum Gasteiger partial charge on any atom is 0.231 e. The molecule has 0 amide bonds. The highest BCUT2D eigenvalue weighted by molar-refractivity contribution is 5.46. The first kappa shape index (κ1) is 14.3. The molecule has 7 heteroatoms. The van der Waals surface area contributed by atoms with Crippen molar-refractivity contribution in [3.8, 4) is 0 Å². The summed E-state index contributed by atoms with van der Waals surface area (Å²) in [7, 11) is 0. The minimum absolute atomic E-state index is 0.120. The van der Waals surface area contributed by atoms with Crippen LogP contribution in [0.1, 0.15) is 39.0 Å². The number of aliphatic hydroxyl groups is 1. The van der Waals surface area contributed by atoms with E-state index in [0.717, 1.165) is 44.8 Å². The lowest BCUT2D eigenvalue weighted by Gasteiger charge is -2.19. The molecule has 2 heterocycles. The monoisotopic (exact) mass is 292 g/mol. The lowest BCUT2D eigenvalue weighted by Crippen LogP contribution is -2.28. The van der Waals surface area contributed by atoms with E-state index in [2.05, 4.69) is 37.4 Å². The van der Waals surface area contributed by atoms with E-state index in [-0.39, 0.29) is 12.1 Å². The van der Waals surface area contributed by atoms with E-state index < -0.39 is 0 Å². The van der Waals surface area contributed by atoms with Crippen molar-refractivity contribution in [3.63, 3.8) is 0 Å². The number of anilines is 3. The van der Waals surface area contributed by atoms with Gasteiger partial charge < -0.3 is 20.6 Å². The third-order valence-corrected chi connectivity index (χ3v) is 4.08. The molecule has 2 aliphatic rings. The molecule has 1 aromatic rings. The Labute approximate surface area is 125 Å². The quantitative estimate of drug-likeness (QED) is 0.697. The Morgan fingerprint density at radius 2 is 1.86 bits per heavy atom. The normalized spacial score (nSPS) is 19.6. The minimum atomic E-state index is -0.217. The second-order valence-corrected chi connectivity index (χ2v) is 5.97. The van der Waals surface area contributed by atoms with E-state index in [1.54, 1.807) is 0 Å². The van der Waals surface area contributed by atoms with Gasteiger partial charge in [-0.05, 0) is 32.1 Å². The van der Waals surface area contributed by atoms with Crippen molar-refractivity contribution in [2.24, 2.45) is 0 Å². The summed E-state index contributed by atoms with van der Waals surface area (Å²) in [4.78, 5) is 15.7. The van der Waals surface area contributed by atoms with Crippen LogP contribution >= 0.6 is 0 Å². The highest BCUT2D eigenvalue weighted by atomic mass is 16.3. The molecule has 0 radical (unpaired) electrons. The molecule has 3 rings (SSSR count). The van der Waals surface area contributed by atoms with Gasteiger partial charge in [-0.25, -0.2) is 0 Å². The molecule has 1 saturated heterocycles. The molecule has 3 N–H and O–H groups in total. The fraction of sp³-hybridized carbons (Fsp3) is 0.786. The minimum Gasteiger partial charge on any atom is -0.394 e. The average Bonchev–Trinajstić information content (AvgIpc) is 3.05. The van der Waals surface area contributed by atoms with Gasteiger partial charge in [0.05, 0.1) is 12.1 Å². The molecular weight excluding hydrogens is 268 g/mol. The lowest BCUT2D eigenvalue weighted by molar-refractivity contribution is 0.265. The van der Waals surface area contributed by atoms with Gasteiger partial charge in [0.15, 0.2) is 0 Å². The molecule has 1 aliphatic heterocycles. The van der Waals surface area contributed by atoms with Crippen molar-refractivity contribution in [1.29, 1.82) is 0 Å². The highest BCUT2D eigenvalue weighted by Gasteiger charge is 2.43. The maximum absolute atomic E-state index is 9.45. The summed E-state index contributed by atoms with van der Waals surface area (Å²) in [5.41, 5.74) is -0.217. The zero-order chi connectivity index (χ0) is 14.7. The van der Waals surface area contributed by atoms with E-state index in [9.17, 15) is 5.11 Å². The number of aliphatic hydroxyl groups excluding tert-OH is 1. The maximum atomic E-state index is 9.45. The Hall–Kier alpha value is -1.63. The fourth-order valence-electron chi connectivity index (χ4n) is 2.51. The van der Waals surface area contributed by atoms with E-state index in [0.29, 0.717) is 11.9 Å². The van der Waals surface area contributed by atoms with E-state index >= 15 is 0 Å². The molecule has 1 saturated carbocycles.